The van der Waals surface area contributed by atoms with E-state index in [0.717, 1.165) is 0 Å². The van der Waals surface area contributed by atoms with Crippen molar-refractivity contribution >= 4 is 12.2 Å². The zero-order valence-corrected chi connectivity index (χ0v) is 14.3. The minimum absolute atomic E-state index is 1.22. The highest BCUT2D eigenvalue weighted by Gasteiger charge is 2.08. The van der Waals surface area contributed by atoms with Gasteiger partial charge in [0.2, 0.25) is 0 Å². The van der Waals surface area contributed by atoms with Crippen molar-refractivity contribution in [2.45, 2.75) is 65.2 Å². The zero-order valence-electron chi connectivity index (χ0n) is 14.3. The van der Waals surface area contributed by atoms with E-state index in [-0.39, 0.29) is 0 Å². The van der Waals surface area contributed by atoms with Crippen LogP contribution in [0.15, 0.2) is 47.6 Å². The molecule has 0 heteroatoms. The highest BCUT2D eigenvalue weighted by Crippen LogP contribution is 2.28. The maximum Gasteiger partial charge on any atom is -0.0181 e. The van der Waals surface area contributed by atoms with Crippen LogP contribution in [0.1, 0.15) is 76.3 Å². The fourth-order valence-electron chi connectivity index (χ4n) is 3.06. The number of benzene rings is 1. The molecule has 0 aromatic heterocycles. The molecule has 22 heavy (non-hydrogen) atoms. The molecule has 0 fully saturated rings. The van der Waals surface area contributed by atoms with Gasteiger partial charge in [0.05, 0.1) is 0 Å². The van der Waals surface area contributed by atoms with Crippen LogP contribution in [0.3, 0.4) is 0 Å². The van der Waals surface area contributed by atoms with Gasteiger partial charge in [-0.3, -0.25) is 0 Å². The van der Waals surface area contributed by atoms with Gasteiger partial charge in [-0.25, -0.2) is 0 Å². The van der Waals surface area contributed by atoms with Crippen molar-refractivity contribution in [1.29, 1.82) is 0 Å². The molecule has 0 saturated carbocycles. The van der Waals surface area contributed by atoms with Crippen LogP contribution in [0.5, 0.6) is 0 Å². The normalized spacial score (nSPS) is 20.1. The van der Waals surface area contributed by atoms with E-state index in [0.29, 0.717) is 0 Å². The smallest absolute Gasteiger partial charge is 0.0181 e. The second-order valence-corrected chi connectivity index (χ2v) is 6.26. The second-order valence-electron chi connectivity index (χ2n) is 6.26. The van der Waals surface area contributed by atoms with Gasteiger partial charge < -0.3 is 0 Å². The van der Waals surface area contributed by atoms with Gasteiger partial charge in [-0.2, -0.15) is 0 Å². The molecule has 0 spiro atoms. The largest absolute Gasteiger partial charge is 0.0654 e. The fourth-order valence-corrected chi connectivity index (χ4v) is 3.06. The predicted molar refractivity (Wildman–Crippen MR) is 99.8 cm³/mol. The summed E-state index contributed by atoms with van der Waals surface area (Å²) in [7, 11) is 0. The van der Waals surface area contributed by atoms with E-state index in [9.17, 15) is 0 Å². The molecule has 0 saturated heterocycles. The van der Waals surface area contributed by atoms with Crippen molar-refractivity contribution in [3.05, 3.63) is 58.7 Å². The number of unbranched alkanes of at least 4 members (excludes halogenated alkanes) is 4. The van der Waals surface area contributed by atoms with Crippen LogP contribution in [0.2, 0.25) is 0 Å². The van der Waals surface area contributed by atoms with Crippen LogP contribution in [-0.2, 0) is 0 Å². The molecule has 0 heterocycles. The van der Waals surface area contributed by atoms with Gasteiger partial charge in [0, 0.05) is 0 Å². The predicted octanol–water partition coefficient (Wildman–Crippen LogP) is 7.18. The van der Waals surface area contributed by atoms with E-state index < -0.39 is 0 Å². The molecular weight excluding hydrogens is 264 g/mol. The molecule has 0 nitrogen and oxygen atoms in total. The van der Waals surface area contributed by atoms with Gasteiger partial charge in [0.1, 0.15) is 0 Å². The van der Waals surface area contributed by atoms with Gasteiger partial charge in [0.25, 0.3) is 0 Å². The number of hydrogen-bond donors (Lipinski definition) is 0. The van der Waals surface area contributed by atoms with Gasteiger partial charge in [0.15, 0.2) is 0 Å². The molecule has 0 N–H and O–H groups in total. The first-order valence-corrected chi connectivity index (χ1v) is 9.02. The van der Waals surface area contributed by atoms with E-state index in [1.165, 1.54) is 62.5 Å². The standard InChI is InChI=1S/C22H30/c1-3-5-7-12-19-16-11-17-20-13-9-10-15-22(20)18-21(19)14-8-6-4-2/h9-11,13,15-18H,3-8,12,14H2,1-2H3/b16-11?,17-11-,19-16-,20-17?,21-18-,21-19?,22-18?. The van der Waals surface area contributed by atoms with Crippen molar-refractivity contribution in [2.24, 2.45) is 0 Å². The Morgan fingerprint density at radius 1 is 0.727 bits per heavy atom. The van der Waals surface area contributed by atoms with Crippen LogP contribution in [0.4, 0.5) is 0 Å². The number of fused-ring (bicyclic) bond motifs is 1. The molecule has 0 amide bonds. The van der Waals surface area contributed by atoms with Crippen LogP contribution in [-0.4, -0.2) is 0 Å². The Bertz CT molecular complexity index is 543. The molecule has 0 aliphatic heterocycles. The Kier molecular flexibility index (Phi) is 7.22. The number of rotatable bonds is 8. The van der Waals surface area contributed by atoms with Crippen molar-refractivity contribution in [1.82, 2.24) is 0 Å². The summed E-state index contributed by atoms with van der Waals surface area (Å²) >= 11 is 0. The summed E-state index contributed by atoms with van der Waals surface area (Å²) in [6, 6.07) is 8.73. The van der Waals surface area contributed by atoms with E-state index in [4.69, 9.17) is 0 Å². The van der Waals surface area contributed by atoms with Crippen molar-refractivity contribution in [2.75, 3.05) is 0 Å². The third-order valence-corrected chi connectivity index (χ3v) is 4.41. The molecule has 1 aromatic rings. The first-order valence-electron chi connectivity index (χ1n) is 9.02. The van der Waals surface area contributed by atoms with E-state index >= 15 is 0 Å². The van der Waals surface area contributed by atoms with Crippen molar-refractivity contribution < 1.29 is 0 Å². The lowest BCUT2D eigenvalue weighted by Gasteiger charge is -2.15. The highest BCUT2D eigenvalue weighted by molar-refractivity contribution is 5.71. The summed E-state index contributed by atoms with van der Waals surface area (Å²) in [5, 5.41) is 0. The lowest BCUT2D eigenvalue weighted by Crippen LogP contribution is -1.95. The molecule has 0 bridgehead atoms. The molecule has 0 atom stereocenters. The minimum Gasteiger partial charge on any atom is -0.0654 e. The summed E-state index contributed by atoms with van der Waals surface area (Å²) in [4.78, 5) is 0. The van der Waals surface area contributed by atoms with Crippen molar-refractivity contribution in [3.63, 3.8) is 0 Å². The SMILES string of the molecule is CCCCCC1=C/C=C\c2ccccc2/C=C\1CCCCC. The Labute approximate surface area is 136 Å². The second kappa shape index (κ2) is 9.46. The Hall–Kier alpha value is -1.56. The van der Waals surface area contributed by atoms with Gasteiger partial charge in [-0.05, 0) is 48.0 Å². The molecule has 2 rings (SSSR count). The van der Waals surface area contributed by atoms with E-state index in [2.05, 4.69) is 62.4 Å². The van der Waals surface area contributed by atoms with Crippen LogP contribution in [0, 0.1) is 0 Å². The van der Waals surface area contributed by atoms with Crippen LogP contribution in [0.25, 0.3) is 12.2 Å². The molecule has 1 aliphatic carbocycles. The first-order chi connectivity index (χ1) is 10.8. The van der Waals surface area contributed by atoms with Gasteiger partial charge in [-0.1, -0.05) is 88.1 Å². The molecule has 118 valence electrons. The maximum atomic E-state index is 2.44. The summed E-state index contributed by atoms with van der Waals surface area (Å²) in [5.41, 5.74) is 5.81. The Balaban J connectivity index is 2.22. The summed E-state index contributed by atoms with van der Waals surface area (Å²) in [5.74, 6) is 0. The molecular formula is C22H30. The molecule has 1 aliphatic rings. The van der Waals surface area contributed by atoms with E-state index in [1.54, 1.807) is 11.1 Å². The summed E-state index contributed by atoms with van der Waals surface area (Å²) in [6.45, 7) is 4.56. The van der Waals surface area contributed by atoms with Crippen LogP contribution >= 0.6 is 0 Å². The average molecular weight is 294 g/mol. The topological polar surface area (TPSA) is 0 Å². The van der Waals surface area contributed by atoms with Gasteiger partial charge in [-0.15, -0.1) is 0 Å². The third-order valence-electron chi connectivity index (χ3n) is 4.41. The fraction of sp³-hybridized carbons (Fsp3) is 0.455. The summed E-state index contributed by atoms with van der Waals surface area (Å²) in [6.07, 6.45) is 19.6. The number of hydrogen-bond acceptors (Lipinski definition) is 0. The lowest BCUT2D eigenvalue weighted by atomic mass is 9.90. The quantitative estimate of drug-likeness (QED) is 0.445. The average Bonchev–Trinajstić information content (AvgIpc) is 2.52. The Morgan fingerprint density at radius 3 is 2.05 bits per heavy atom. The monoisotopic (exact) mass is 294 g/mol. The molecule has 0 unspecified atom stereocenters. The maximum absolute atomic E-state index is 2.44. The van der Waals surface area contributed by atoms with Crippen LogP contribution < -0.4 is 0 Å². The third kappa shape index (κ3) is 5.02. The van der Waals surface area contributed by atoms with E-state index in [1.807, 2.05) is 0 Å². The van der Waals surface area contributed by atoms with Crippen molar-refractivity contribution in [3.8, 4) is 0 Å². The Morgan fingerprint density at radius 2 is 1.36 bits per heavy atom. The summed E-state index contributed by atoms with van der Waals surface area (Å²) < 4.78 is 0. The molecule has 1 aromatic carbocycles. The lowest BCUT2D eigenvalue weighted by molar-refractivity contribution is 0.691. The highest BCUT2D eigenvalue weighted by atomic mass is 14.1. The first kappa shape index (κ1) is 16.8. The number of allylic oxidation sites excluding steroid dienone is 4. The van der Waals surface area contributed by atoms with Gasteiger partial charge >= 0.3 is 0 Å². The molecule has 0 radical (unpaired) electrons. The minimum atomic E-state index is 1.22. The zero-order chi connectivity index (χ0) is 15.6.